The van der Waals surface area contributed by atoms with Crippen LogP contribution in [0.2, 0.25) is 10.0 Å². The average Bonchev–Trinajstić information content (AvgIpc) is 3.53. The fourth-order valence-electron chi connectivity index (χ4n) is 3.78. The molecule has 2 fully saturated rings. The van der Waals surface area contributed by atoms with Gasteiger partial charge in [-0.05, 0) is 56.0 Å². The molecule has 0 unspecified atom stereocenters. The first-order valence-electron chi connectivity index (χ1n) is 10.3. The standard InChI is InChI=1S/C22H25Cl2N3O3S/c1-14-4-3-5-20(15(14)2)26-8-10-27(11-9-26)22(28)17-12-21(19(24)13-18(17)23)31(29,30)25-16-6-7-16/h3-5,12-13,16,25H,6-11H2,1-2H3. The van der Waals surface area contributed by atoms with E-state index in [0.717, 1.165) is 12.8 Å². The van der Waals surface area contributed by atoms with E-state index in [0.29, 0.717) is 26.2 Å². The number of nitrogens with one attached hydrogen (secondary N) is 1. The van der Waals surface area contributed by atoms with Crippen LogP contribution in [0.3, 0.4) is 0 Å². The van der Waals surface area contributed by atoms with Crippen LogP contribution in [0.15, 0.2) is 35.2 Å². The fraction of sp³-hybridized carbons (Fsp3) is 0.409. The molecule has 0 radical (unpaired) electrons. The molecule has 0 spiro atoms. The van der Waals surface area contributed by atoms with Gasteiger partial charge in [0.15, 0.2) is 0 Å². The van der Waals surface area contributed by atoms with Crippen LogP contribution < -0.4 is 9.62 Å². The molecular formula is C22H25Cl2N3O3S. The Balaban J connectivity index is 1.52. The lowest BCUT2D eigenvalue weighted by Gasteiger charge is -2.37. The first-order valence-corrected chi connectivity index (χ1v) is 12.5. The summed E-state index contributed by atoms with van der Waals surface area (Å²) in [6.45, 7) is 6.62. The van der Waals surface area contributed by atoms with Crippen LogP contribution >= 0.6 is 23.2 Å². The number of benzene rings is 2. The van der Waals surface area contributed by atoms with Gasteiger partial charge in [0.25, 0.3) is 5.91 Å². The predicted octanol–water partition coefficient (Wildman–Crippen LogP) is 4.01. The lowest BCUT2D eigenvalue weighted by molar-refractivity contribution is 0.0746. The van der Waals surface area contributed by atoms with Crippen molar-refractivity contribution in [2.75, 3.05) is 31.1 Å². The normalized spacial score (nSPS) is 17.2. The Labute approximate surface area is 193 Å². The van der Waals surface area contributed by atoms with Gasteiger partial charge in [0.2, 0.25) is 10.0 Å². The predicted molar refractivity (Wildman–Crippen MR) is 124 cm³/mol. The van der Waals surface area contributed by atoms with Crippen molar-refractivity contribution in [1.82, 2.24) is 9.62 Å². The molecular weight excluding hydrogens is 457 g/mol. The number of aryl methyl sites for hydroxylation is 1. The molecule has 166 valence electrons. The number of halogens is 2. The van der Waals surface area contributed by atoms with E-state index >= 15 is 0 Å². The molecule has 2 aromatic rings. The molecule has 1 amide bonds. The van der Waals surface area contributed by atoms with Gasteiger partial charge in [0.1, 0.15) is 4.90 Å². The Morgan fingerprint density at radius 2 is 1.71 bits per heavy atom. The molecule has 1 aliphatic heterocycles. The number of hydrogen-bond donors (Lipinski definition) is 1. The minimum absolute atomic E-state index is 0.00874. The Morgan fingerprint density at radius 1 is 1.03 bits per heavy atom. The number of nitrogens with zero attached hydrogens (tertiary/aromatic N) is 2. The number of piperazine rings is 1. The Morgan fingerprint density at radius 3 is 2.35 bits per heavy atom. The number of rotatable bonds is 5. The second-order valence-electron chi connectivity index (χ2n) is 8.16. The molecule has 1 aliphatic carbocycles. The molecule has 2 aromatic carbocycles. The second-order valence-corrected chi connectivity index (χ2v) is 10.7. The van der Waals surface area contributed by atoms with E-state index in [4.69, 9.17) is 23.2 Å². The maximum Gasteiger partial charge on any atom is 0.255 e. The van der Waals surface area contributed by atoms with Crippen LogP contribution in [0.1, 0.15) is 34.3 Å². The van der Waals surface area contributed by atoms with Crippen molar-refractivity contribution >= 4 is 44.8 Å². The summed E-state index contributed by atoms with van der Waals surface area (Å²) in [5.41, 5.74) is 3.80. The number of amides is 1. The number of anilines is 1. The molecule has 0 atom stereocenters. The number of carbonyl (C=O) groups is 1. The third-order valence-electron chi connectivity index (χ3n) is 5.92. The largest absolute Gasteiger partial charge is 0.368 e. The SMILES string of the molecule is Cc1cccc(N2CCN(C(=O)c3cc(S(=O)(=O)NC4CC4)c(Cl)cc3Cl)CC2)c1C. The maximum atomic E-state index is 13.2. The fourth-order valence-corrected chi connectivity index (χ4v) is 5.94. The summed E-state index contributed by atoms with van der Waals surface area (Å²) in [5, 5.41) is 0.159. The van der Waals surface area contributed by atoms with Gasteiger partial charge in [0, 0.05) is 37.9 Å². The van der Waals surface area contributed by atoms with Crippen LogP contribution in [0.5, 0.6) is 0 Å². The highest BCUT2D eigenvalue weighted by atomic mass is 35.5. The first kappa shape index (κ1) is 22.4. The topological polar surface area (TPSA) is 69.7 Å². The van der Waals surface area contributed by atoms with Gasteiger partial charge >= 0.3 is 0 Å². The van der Waals surface area contributed by atoms with Crippen molar-refractivity contribution in [3.05, 3.63) is 57.1 Å². The van der Waals surface area contributed by atoms with Crippen molar-refractivity contribution in [1.29, 1.82) is 0 Å². The highest BCUT2D eigenvalue weighted by Gasteiger charge is 2.31. The van der Waals surface area contributed by atoms with Crippen molar-refractivity contribution in [2.24, 2.45) is 0 Å². The van der Waals surface area contributed by atoms with Gasteiger partial charge in [-0.1, -0.05) is 35.3 Å². The maximum absolute atomic E-state index is 13.2. The van der Waals surface area contributed by atoms with Crippen LogP contribution in [0, 0.1) is 13.8 Å². The number of carbonyl (C=O) groups excluding carboxylic acids is 1. The van der Waals surface area contributed by atoms with Crippen LogP contribution in [-0.2, 0) is 10.0 Å². The summed E-state index contributed by atoms with van der Waals surface area (Å²) in [5.74, 6) is -0.287. The third kappa shape index (κ3) is 4.70. The van der Waals surface area contributed by atoms with E-state index in [1.165, 1.54) is 28.9 Å². The highest BCUT2D eigenvalue weighted by Crippen LogP contribution is 2.32. The van der Waals surface area contributed by atoms with Crippen LogP contribution in [-0.4, -0.2) is 51.4 Å². The van der Waals surface area contributed by atoms with E-state index in [-0.39, 0.29) is 32.5 Å². The third-order valence-corrected chi connectivity index (χ3v) is 8.22. The van der Waals surface area contributed by atoms with Crippen molar-refractivity contribution in [3.8, 4) is 0 Å². The lowest BCUT2D eigenvalue weighted by atomic mass is 10.1. The van der Waals surface area contributed by atoms with Crippen molar-refractivity contribution in [3.63, 3.8) is 0 Å². The van der Waals surface area contributed by atoms with E-state index < -0.39 is 10.0 Å². The first-order chi connectivity index (χ1) is 14.7. The van der Waals surface area contributed by atoms with Gasteiger partial charge in [0.05, 0.1) is 15.6 Å². The van der Waals surface area contributed by atoms with E-state index in [2.05, 4.69) is 35.6 Å². The molecule has 4 rings (SSSR count). The van der Waals surface area contributed by atoms with E-state index in [1.54, 1.807) is 4.90 Å². The summed E-state index contributed by atoms with van der Waals surface area (Å²) in [4.78, 5) is 17.0. The van der Waals surface area contributed by atoms with Crippen LogP contribution in [0.25, 0.3) is 0 Å². The van der Waals surface area contributed by atoms with Crippen LogP contribution in [0.4, 0.5) is 5.69 Å². The average molecular weight is 482 g/mol. The summed E-state index contributed by atoms with van der Waals surface area (Å²) < 4.78 is 27.9. The quantitative estimate of drug-likeness (QED) is 0.699. The monoisotopic (exact) mass is 481 g/mol. The van der Waals surface area contributed by atoms with Gasteiger partial charge in [-0.3, -0.25) is 4.79 Å². The van der Waals surface area contributed by atoms with E-state index in [9.17, 15) is 13.2 Å². The molecule has 0 bridgehead atoms. The summed E-state index contributed by atoms with van der Waals surface area (Å²) in [7, 11) is -3.80. The Kier molecular flexibility index (Phi) is 6.23. The highest BCUT2D eigenvalue weighted by molar-refractivity contribution is 7.89. The zero-order valence-electron chi connectivity index (χ0n) is 17.5. The van der Waals surface area contributed by atoms with Gasteiger partial charge in [-0.15, -0.1) is 0 Å². The zero-order chi connectivity index (χ0) is 22.3. The molecule has 2 aliphatic rings. The number of sulfonamides is 1. The molecule has 0 aromatic heterocycles. The summed E-state index contributed by atoms with van der Waals surface area (Å²) >= 11 is 12.4. The molecule has 6 nitrogen and oxygen atoms in total. The smallest absolute Gasteiger partial charge is 0.255 e. The van der Waals surface area contributed by atoms with Gasteiger partial charge in [-0.2, -0.15) is 0 Å². The number of hydrogen-bond acceptors (Lipinski definition) is 4. The zero-order valence-corrected chi connectivity index (χ0v) is 19.8. The Bertz CT molecular complexity index is 1130. The minimum Gasteiger partial charge on any atom is -0.368 e. The Hall–Kier alpha value is -1.80. The molecule has 31 heavy (non-hydrogen) atoms. The summed E-state index contributed by atoms with van der Waals surface area (Å²) in [6.07, 6.45) is 1.61. The second kappa shape index (κ2) is 8.62. The summed E-state index contributed by atoms with van der Waals surface area (Å²) in [6, 6.07) is 8.80. The lowest BCUT2D eigenvalue weighted by Crippen LogP contribution is -2.49. The van der Waals surface area contributed by atoms with Crippen molar-refractivity contribution < 1.29 is 13.2 Å². The molecule has 9 heteroatoms. The minimum atomic E-state index is -3.80. The van der Waals surface area contributed by atoms with Crippen molar-refractivity contribution in [2.45, 2.75) is 37.6 Å². The molecule has 1 saturated carbocycles. The molecule has 1 N–H and O–H groups in total. The van der Waals surface area contributed by atoms with Gasteiger partial charge < -0.3 is 9.80 Å². The molecule has 1 heterocycles. The van der Waals surface area contributed by atoms with E-state index in [1.807, 2.05) is 6.07 Å². The molecule has 1 saturated heterocycles. The van der Waals surface area contributed by atoms with Gasteiger partial charge in [-0.25, -0.2) is 13.1 Å².